The molecule has 8 nitrogen and oxygen atoms in total. The van der Waals surface area contributed by atoms with E-state index in [4.69, 9.17) is 0 Å². The number of thioether (sulfide) groups is 1. The molecule has 0 aromatic carbocycles. The number of rotatable bonds is 5. The van der Waals surface area contributed by atoms with Crippen LogP contribution in [0, 0.1) is 13.8 Å². The Kier molecular flexibility index (Phi) is 5.34. The van der Waals surface area contributed by atoms with Crippen molar-refractivity contribution in [2.75, 3.05) is 17.3 Å². The topological polar surface area (TPSA) is 97.5 Å². The summed E-state index contributed by atoms with van der Waals surface area (Å²) in [7, 11) is -3.03. The van der Waals surface area contributed by atoms with Crippen LogP contribution in [-0.4, -0.2) is 68.1 Å². The number of aryl methyl sites for hydroxylation is 2. The lowest BCUT2D eigenvalue weighted by atomic mass is 10.1. The zero-order valence-corrected chi connectivity index (χ0v) is 17.8. The Balaban J connectivity index is 1.49. The van der Waals surface area contributed by atoms with Gasteiger partial charge in [-0.05, 0) is 39.2 Å². The van der Waals surface area contributed by atoms with E-state index in [9.17, 15) is 13.2 Å². The van der Waals surface area contributed by atoms with Crippen molar-refractivity contribution < 1.29 is 13.2 Å². The summed E-state index contributed by atoms with van der Waals surface area (Å²) in [5.41, 5.74) is 1.82. The molecule has 2 aromatic rings. The van der Waals surface area contributed by atoms with Crippen LogP contribution in [0.25, 0.3) is 5.78 Å². The van der Waals surface area contributed by atoms with Gasteiger partial charge in [-0.1, -0.05) is 24.6 Å². The van der Waals surface area contributed by atoms with Crippen molar-refractivity contribution in [2.24, 2.45) is 0 Å². The SMILES string of the molecule is Cc1cc(C)n2nc(SCC(=O)N(C3CCCC3)[C@H]3CCS(=O)(=O)C3)nc2n1. The number of aromatic nitrogens is 4. The summed E-state index contributed by atoms with van der Waals surface area (Å²) >= 11 is 1.29. The minimum Gasteiger partial charge on any atom is -0.335 e. The van der Waals surface area contributed by atoms with Gasteiger partial charge in [-0.25, -0.2) is 17.9 Å². The molecule has 10 heteroatoms. The zero-order valence-electron chi connectivity index (χ0n) is 16.2. The van der Waals surface area contributed by atoms with Crippen LogP contribution < -0.4 is 0 Å². The van der Waals surface area contributed by atoms with E-state index in [0.29, 0.717) is 17.4 Å². The molecule has 0 radical (unpaired) electrons. The van der Waals surface area contributed by atoms with E-state index in [1.54, 1.807) is 4.52 Å². The van der Waals surface area contributed by atoms with Gasteiger partial charge in [-0.2, -0.15) is 4.98 Å². The molecule has 1 atom stereocenters. The average Bonchev–Trinajstić information content (AvgIpc) is 3.34. The van der Waals surface area contributed by atoms with Crippen molar-refractivity contribution in [3.63, 3.8) is 0 Å². The van der Waals surface area contributed by atoms with Gasteiger partial charge in [0.2, 0.25) is 11.1 Å². The Morgan fingerprint density at radius 3 is 2.64 bits per heavy atom. The van der Waals surface area contributed by atoms with E-state index in [1.165, 1.54) is 11.8 Å². The number of hydrogen-bond acceptors (Lipinski definition) is 7. The number of sulfone groups is 1. The van der Waals surface area contributed by atoms with Gasteiger partial charge in [0.05, 0.1) is 17.3 Å². The fourth-order valence-electron chi connectivity index (χ4n) is 4.29. The summed E-state index contributed by atoms with van der Waals surface area (Å²) in [6, 6.07) is 1.90. The molecule has 0 N–H and O–H groups in total. The van der Waals surface area contributed by atoms with Crippen LogP contribution >= 0.6 is 11.8 Å². The van der Waals surface area contributed by atoms with Gasteiger partial charge in [-0.15, -0.1) is 5.10 Å². The van der Waals surface area contributed by atoms with Crippen molar-refractivity contribution in [1.82, 2.24) is 24.5 Å². The molecule has 1 aliphatic heterocycles. The van der Waals surface area contributed by atoms with Gasteiger partial charge in [0, 0.05) is 23.5 Å². The number of hydrogen-bond donors (Lipinski definition) is 0. The molecule has 1 amide bonds. The maximum Gasteiger partial charge on any atom is 0.253 e. The van der Waals surface area contributed by atoms with Gasteiger partial charge in [0.15, 0.2) is 9.84 Å². The van der Waals surface area contributed by atoms with Crippen LogP contribution in [-0.2, 0) is 14.6 Å². The molecular formula is C18H25N5O3S2. The van der Waals surface area contributed by atoms with Crippen LogP contribution in [0.3, 0.4) is 0 Å². The van der Waals surface area contributed by atoms with Gasteiger partial charge in [0.1, 0.15) is 0 Å². The highest BCUT2D eigenvalue weighted by Crippen LogP contribution is 2.30. The van der Waals surface area contributed by atoms with E-state index in [-0.39, 0.29) is 35.2 Å². The Labute approximate surface area is 169 Å². The molecular weight excluding hydrogens is 398 g/mol. The Morgan fingerprint density at radius 1 is 1.21 bits per heavy atom. The largest absolute Gasteiger partial charge is 0.335 e. The normalized spacial score (nSPS) is 22.1. The Hall–Kier alpha value is -1.68. The lowest BCUT2D eigenvalue weighted by Gasteiger charge is -2.34. The first-order chi connectivity index (χ1) is 13.3. The lowest BCUT2D eigenvalue weighted by Crippen LogP contribution is -2.47. The number of nitrogens with zero attached hydrogens (tertiary/aromatic N) is 5. The van der Waals surface area contributed by atoms with E-state index >= 15 is 0 Å². The Morgan fingerprint density at radius 2 is 1.96 bits per heavy atom. The summed E-state index contributed by atoms with van der Waals surface area (Å²) < 4.78 is 25.6. The van der Waals surface area contributed by atoms with Crippen LogP contribution in [0.4, 0.5) is 0 Å². The molecule has 0 bridgehead atoms. The Bertz CT molecular complexity index is 998. The maximum absolute atomic E-state index is 13.1. The highest BCUT2D eigenvalue weighted by atomic mass is 32.2. The average molecular weight is 424 g/mol. The summed E-state index contributed by atoms with van der Waals surface area (Å²) in [5.74, 6) is 0.997. The molecule has 4 rings (SSSR count). The van der Waals surface area contributed by atoms with Crippen molar-refractivity contribution in [1.29, 1.82) is 0 Å². The van der Waals surface area contributed by atoms with Crippen LogP contribution in [0.2, 0.25) is 0 Å². The molecule has 0 spiro atoms. The summed E-state index contributed by atoms with van der Waals surface area (Å²) in [6.45, 7) is 3.85. The number of carbonyl (C=O) groups is 1. The standard InChI is InChI=1S/C18H25N5O3S2/c1-12-9-13(2)23-17(19-12)20-18(21-23)27-10-16(24)22(14-5-3-4-6-14)15-7-8-28(25,26)11-15/h9,14-15H,3-8,10-11H2,1-2H3/t15-/m0/s1. The monoisotopic (exact) mass is 423 g/mol. The van der Waals surface area contributed by atoms with Gasteiger partial charge < -0.3 is 4.90 Å². The second kappa shape index (κ2) is 7.62. The molecule has 2 aliphatic rings. The molecule has 2 fully saturated rings. The molecule has 2 aromatic heterocycles. The predicted octanol–water partition coefficient (Wildman–Crippen LogP) is 1.79. The minimum atomic E-state index is -3.03. The van der Waals surface area contributed by atoms with Gasteiger partial charge in [0.25, 0.3) is 5.78 Å². The number of amides is 1. The fourth-order valence-corrected chi connectivity index (χ4v) is 6.69. The van der Waals surface area contributed by atoms with E-state index in [1.807, 2.05) is 24.8 Å². The molecule has 1 aliphatic carbocycles. The quantitative estimate of drug-likeness (QED) is 0.676. The predicted molar refractivity (Wildman–Crippen MR) is 107 cm³/mol. The van der Waals surface area contributed by atoms with Crippen molar-refractivity contribution in [2.45, 2.75) is 63.2 Å². The third-order valence-electron chi connectivity index (χ3n) is 5.53. The van der Waals surface area contributed by atoms with Crippen molar-refractivity contribution in [3.05, 3.63) is 17.5 Å². The summed E-state index contributed by atoms with van der Waals surface area (Å²) in [5, 5.41) is 4.96. The molecule has 3 heterocycles. The molecule has 1 saturated heterocycles. The smallest absolute Gasteiger partial charge is 0.253 e. The maximum atomic E-state index is 13.1. The second-order valence-electron chi connectivity index (χ2n) is 7.73. The highest BCUT2D eigenvalue weighted by molar-refractivity contribution is 7.99. The van der Waals surface area contributed by atoms with Gasteiger partial charge in [-0.3, -0.25) is 4.79 Å². The van der Waals surface area contributed by atoms with Crippen molar-refractivity contribution >= 4 is 33.3 Å². The highest BCUT2D eigenvalue weighted by Gasteiger charge is 2.38. The van der Waals surface area contributed by atoms with E-state index in [2.05, 4.69) is 15.1 Å². The zero-order chi connectivity index (χ0) is 19.9. The summed E-state index contributed by atoms with van der Waals surface area (Å²) in [4.78, 5) is 23.7. The van der Waals surface area contributed by atoms with Crippen LogP contribution in [0.15, 0.2) is 11.2 Å². The third kappa shape index (κ3) is 4.03. The van der Waals surface area contributed by atoms with Crippen LogP contribution in [0.1, 0.15) is 43.5 Å². The second-order valence-corrected chi connectivity index (χ2v) is 10.9. The minimum absolute atomic E-state index is 0.0151. The first kappa shape index (κ1) is 19.6. The molecule has 28 heavy (non-hydrogen) atoms. The summed E-state index contributed by atoms with van der Waals surface area (Å²) in [6.07, 6.45) is 4.66. The lowest BCUT2D eigenvalue weighted by molar-refractivity contribution is -0.132. The first-order valence-corrected chi connectivity index (χ1v) is 12.5. The number of fused-ring (bicyclic) bond motifs is 1. The first-order valence-electron chi connectivity index (χ1n) is 9.68. The molecule has 0 unspecified atom stereocenters. The van der Waals surface area contributed by atoms with E-state index in [0.717, 1.165) is 37.1 Å². The molecule has 1 saturated carbocycles. The van der Waals surface area contributed by atoms with E-state index < -0.39 is 9.84 Å². The van der Waals surface area contributed by atoms with Crippen LogP contribution in [0.5, 0.6) is 0 Å². The van der Waals surface area contributed by atoms with Gasteiger partial charge >= 0.3 is 0 Å². The third-order valence-corrected chi connectivity index (χ3v) is 8.10. The van der Waals surface area contributed by atoms with Crippen molar-refractivity contribution in [3.8, 4) is 0 Å². The number of carbonyl (C=O) groups excluding carboxylic acids is 1. The molecule has 152 valence electrons. The fraction of sp³-hybridized carbons (Fsp3) is 0.667.